The average molecular weight is 676 g/mol. The third kappa shape index (κ3) is 5.04. The quantitative estimate of drug-likeness (QED) is 0.220. The number of carbonyl (C=O) groups excluding carboxylic acids is 1. The van der Waals surface area contributed by atoms with Crippen molar-refractivity contribution >= 4 is 49.1 Å². The molecule has 2 aromatic carbocycles. The SMILES string of the molecule is C=CC(=O)N1CC[C@@H](N(CC)c2nc(OC[C@@]34CCCN3C[C@H](F)C4)nc3c(F)c(-c4ccc(F)c5sc(N)c(C#N)c45)ccc23)[C@@H]1C. The van der Waals surface area contributed by atoms with E-state index in [1.54, 1.807) is 17.0 Å². The summed E-state index contributed by atoms with van der Waals surface area (Å²) in [5, 5.41) is 10.7. The molecule has 4 aromatic rings. The van der Waals surface area contributed by atoms with E-state index >= 15 is 4.39 Å². The monoisotopic (exact) mass is 675 g/mol. The van der Waals surface area contributed by atoms with Crippen LogP contribution < -0.4 is 15.4 Å². The molecule has 5 heterocycles. The molecule has 2 N–H and O–H groups in total. The molecule has 7 rings (SSSR count). The Kier molecular flexibility index (Phi) is 8.20. The molecule has 0 spiro atoms. The van der Waals surface area contributed by atoms with Crippen molar-refractivity contribution in [2.24, 2.45) is 0 Å². The van der Waals surface area contributed by atoms with E-state index in [0.29, 0.717) is 49.2 Å². The maximum Gasteiger partial charge on any atom is 0.319 e. The van der Waals surface area contributed by atoms with Gasteiger partial charge in [0, 0.05) is 48.4 Å². The third-order valence-electron chi connectivity index (χ3n) is 10.4. The van der Waals surface area contributed by atoms with E-state index in [-0.39, 0.29) is 62.3 Å². The summed E-state index contributed by atoms with van der Waals surface area (Å²) in [6.45, 7) is 9.93. The number of likely N-dealkylation sites (tertiary alicyclic amines) is 1. The van der Waals surface area contributed by atoms with Crippen LogP contribution in [0, 0.1) is 23.0 Å². The number of fused-ring (bicyclic) bond motifs is 3. The summed E-state index contributed by atoms with van der Waals surface area (Å²) in [7, 11) is 0. The van der Waals surface area contributed by atoms with Gasteiger partial charge in [-0.05, 0) is 63.4 Å². The summed E-state index contributed by atoms with van der Waals surface area (Å²) in [6, 6.07) is 7.68. The van der Waals surface area contributed by atoms with E-state index in [1.165, 1.54) is 18.2 Å². The number of likely N-dealkylation sites (N-methyl/N-ethyl adjacent to an activating group) is 1. The van der Waals surface area contributed by atoms with E-state index < -0.39 is 23.3 Å². The van der Waals surface area contributed by atoms with Gasteiger partial charge in [0.25, 0.3) is 0 Å². The highest BCUT2D eigenvalue weighted by Crippen LogP contribution is 2.44. The Bertz CT molecular complexity index is 2000. The molecule has 250 valence electrons. The summed E-state index contributed by atoms with van der Waals surface area (Å²) in [5.74, 6) is -0.950. The highest BCUT2D eigenvalue weighted by molar-refractivity contribution is 7.23. The van der Waals surface area contributed by atoms with Gasteiger partial charge in [-0.25, -0.2) is 13.2 Å². The van der Waals surface area contributed by atoms with E-state index in [0.717, 1.165) is 30.7 Å². The zero-order valence-electron chi connectivity index (χ0n) is 26.8. The van der Waals surface area contributed by atoms with Crippen LogP contribution in [0.25, 0.3) is 32.1 Å². The summed E-state index contributed by atoms with van der Waals surface area (Å²) >= 11 is 0.944. The van der Waals surface area contributed by atoms with Crippen LogP contribution in [0.5, 0.6) is 6.01 Å². The molecule has 3 aliphatic heterocycles. The van der Waals surface area contributed by atoms with Gasteiger partial charge in [0.2, 0.25) is 5.91 Å². The molecule has 13 heteroatoms. The molecule has 0 aliphatic carbocycles. The number of alkyl halides is 1. The largest absolute Gasteiger partial charge is 0.461 e. The molecule has 0 bridgehead atoms. The summed E-state index contributed by atoms with van der Waals surface area (Å²) in [4.78, 5) is 28.0. The number of nitrogens with zero attached hydrogens (tertiary/aromatic N) is 6. The lowest BCUT2D eigenvalue weighted by Crippen LogP contribution is -2.45. The van der Waals surface area contributed by atoms with Crippen LogP contribution in [0.3, 0.4) is 0 Å². The number of nitriles is 1. The van der Waals surface area contributed by atoms with Crippen LogP contribution in [0.15, 0.2) is 36.9 Å². The average Bonchev–Trinajstić information content (AvgIpc) is 3.82. The smallest absolute Gasteiger partial charge is 0.319 e. The summed E-state index contributed by atoms with van der Waals surface area (Å²) in [5.41, 5.74) is 6.11. The Morgan fingerprint density at radius 3 is 2.81 bits per heavy atom. The zero-order chi connectivity index (χ0) is 33.9. The molecule has 0 radical (unpaired) electrons. The van der Waals surface area contributed by atoms with Gasteiger partial charge in [-0.3, -0.25) is 9.69 Å². The minimum atomic E-state index is -0.945. The lowest BCUT2D eigenvalue weighted by molar-refractivity contribution is -0.126. The van der Waals surface area contributed by atoms with Crippen LogP contribution in [-0.2, 0) is 4.79 Å². The molecule has 3 fully saturated rings. The van der Waals surface area contributed by atoms with Gasteiger partial charge < -0.3 is 20.3 Å². The second-order valence-electron chi connectivity index (χ2n) is 12.9. The fourth-order valence-electron chi connectivity index (χ4n) is 8.10. The van der Waals surface area contributed by atoms with Gasteiger partial charge in [0.15, 0.2) is 5.82 Å². The molecule has 9 nitrogen and oxygen atoms in total. The van der Waals surface area contributed by atoms with Crippen molar-refractivity contribution in [1.82, 2.24) is 19.8 Å². The number of halogens is 3. The number of nitrogens with two attached hydrogens (primary N) is 1. The zero-order valence-corrected chi connectivity index (χ0v) is 27.6. The van der Waals surface area contributed by atoms with E-state index in [9.17, 15) is 18.8 Å². The van der Waals surface area contributed by atoms with Crippen molar-refractivity contribution < 1.29 is 22.7 Å². The Balaban J connectivity index is 1.37. The molecule has 0 unspecified atom stereocenters. The number of thiophene rings is 1. The molecule has 4 atom stereocenters. The van der Waals surface area contributed by atoms with E-state index in [1.807, 2.05) is 24.8 Å². The minimum Gasteiger partial charge on any atom is -0.461 e. The number of amides is 1. The first-order valence-electron chi connectivity index (χ1n) is 16.2. The minimum absolute atomic E-state index is 0.00891. The predicted molar refractivity (Wildman–Crippen MR) is 181 cm³/mol. The fraction of sp³-hybridized carbons (Fsp3) is 0.429. The number of anilines is 2. The molecule has 1 amide bonds. The van der Waals surface area contributed by atoms with Crippen LogP contribution in [0.1, 0.15) is 45.1 Å². The molecule has 0 saturated carbocycles. The number of hydrogen-bond donors (Lipinski definition) is 1. The first-order valence-corrected chi connectivity index (χ1v) is 17.0. The van der Waals surface area contributed by atoms with Gasteiger partial charge in [0.05, 0.1) is 21.8 Å². The van der Waals surface area contributed by atoms with Crippen molar-refractivity contribution in [3.05, 3.63) is 54.1 Å². The van der Waals surface area contributed by atoms with Crippen molar-refractivity contribution in [1.29, 1.82) is 5.26 Å². The van der Waals surface area contributed by atoms with Crippen molar-refractivity contribution in [3.8, 4) is 23.2 Å². The number of aromatic nitrogens is 2. The van der Waals surface area contributed by atoms with Gasteiger partial charge in [-0.1, -0.05) is 18.7 Å². The van der Waals surface area contributed by atoms with Gasteiger partial charge >= 0.3 is 6.01 Å². The summed E-state index contributed by atoms with van der Waals surface area (Å²) < 4.78 is 52.8. The van der Waals surface area contributed by atoms with Gasteiger partial charge in [-0.2, -0.15) is 15.2 Å². The predicted octanol–water partition coefficient (Wildman–Crippen LogP) is 6.20. The first kappa shape index (κ1) is 32.2. The molecule has 3 saturated heterocycles. The molecule has 48 heavy (non-hydrogen) atoms. The van der Waals surface area contributed by atoms with Crippen molar-refractivity contribution in [2.45, 2.75) is 63.3 Å². The molecular formula is C35H36F3N7O2S. The Hall–Kier alpha value is -4.41. The molecule has 3 aliphatic rings. The lowest BCUT2D eigenvalue weighted by Gasteiger charge is -2.34. The van der Waals surface area contributed by atoms with Crippen LogP contribution in [0.4, 0.5) is 24.0 Å². The van der Waals surface area contributed by atoms with E-state index in [4.69, 9.17) is 15.5 Å². The molecular weight excluding hydrogens is 639 g/mol. The second-order valence-corrected chi connectivity index (χ2v) is 13.9. The van der Waals surface area contributed by atoms with Gasteiger partial charge in [-0.15, -0.1) is 11.3 Å². The number of benzene rings is 2. The van der Waals surface area contributed by atoms with Crippen molar-refractivity contribution in [3.63, 3.8) is 0 Å². The number of nitrogen functional groups attached to an aromatic ring is 1. The normalized spacial score (nSPS) is 23.9. The Morgan fingerprint density at radius 2 is 2.06 bits per heavy atom. The number of carbonyl (C=O) groups is 1. The fourth-order valence-corrected chi connectivity index (χ4v) is 9.05. The standard InChI is InChI=1S/C35H36F3N7O2S/c1-4-27(46)45-14-11-26(19(45)3)44(5-2)33-23-8-7-22(21-9-10-25(37)31-28(21)24(16-39)32(40)48-31)29(38)30(23)41-34(42-33)47-18-35-12-6-13-43(35)17-20(36)15-35/h4,7-10,19-20,26H,1,5-6,11-15,17-18,40H2,2-3H3/t19-,20+,26+,35-/m0/s1. The maximum absolute atomic E-state index is 16.9. The van der Waals surface area contributed by atoms with Crippen LogP contribution in [-0.4, -0.2) is 82.3 Å². The van der Waals surface area contributed by atoms with Gasteiger partial charge in [0.1, 0.15) is 41.0 Å². The third-order valence-corrected chi connectivity index (χ3v) is 11.4. The first-order chi connectivity index (χ1) is 23.1. The van der Waals surface area contributed by atoms with E-state index in [2.05, 4.69) is 16.5 Å². The maximum atomic E-state index is 16.9. The van der Waals surface area contributed by atoms with Crippen LogP contribution >= 0.6 is 11.3 Å². The number of rotatable bonds is 8. The highest BCUT2D eigenvalue weighted by atomic mass is 32.1. The van der Waals surface area contributed by atoms with Crippen molar-refractivity contribution in [2.75, 3.05) is 43.4 Å². The molecule has 2 aromatic heterocycles. The second kappa shape index (κ2) is 12.2. The summed E-state index contributed by atoms with van der Waals surface area (Å²) in [6.07, 6.45) is 3.10. The number of ether oxygens (including phenoxy) is 1. The Morgan fingerprint density at radius 1 is 1.27 bits per heavy atom. The lowest BCUT2D eigenvalue weighted by atomic mass is 9.95. The van der Waals surface area contributed by atoms with Crippen LogP contribution in [0.2, 0.25) is 0 Å². The number of hydrogen-bond acceptors (Lipinski definition) is 9. The Labute approximate surface area is 280 Å². The topological polar surface area (TPSA) is 112 Å². The highest BCUT2D eigenvalue weighted by Gasteiger charge is 2.49.